The number of hydrogen-bond acceptors (Lipinski definition) is 3. The van der Waals surface area contributed by atoms with Crippen LogP contribution >= 0.6 is 0 Å². The van der Waals surface area contributed by atoms with Gasteiger partial charge in [0.25, 0.3) is 0 Å². The van der Waals surface area contributed by atoms with Gasteiger partial charge in [0.1, 0.15) is 13.2 Å². The third-order valence-electron chi connectivity index (χ3n) is 1.48. The van der Waals surface area contributed by atoms with E-state index >= 15 is 0 Å². The first-order valence-corrected chi connectivity index (χ1v) is 5.04. The maximum absolute atomic E-state index is 5.42. The van der Waals surface area contributed by atoms with Gasteiger partial charge in [-0.25, -0.2) is 0 Å². The van der Waals surface area contributed by atoms with E-state index < -0.39 is 0 Å². The topological polar surface area (TPSA) is 21.7 Å². The average Bonchev–Trinajstić information content (AvgIpc) is 2.21. The Morgan fingerprint density at radius 2 is 1.57 bits per heavy atom. The standard InChI is InChI=1S/C9H15NO2.C2H6/c1-4-8-9(7-10(2)3)12-6-5-11-8;1-2/h4,7H,5-6H2,1-3H3;1-2H3/b8-4+,9-7+;. The molecule has 0 amide bonds. The summed E-state index contributed by atoms with van der Waals surface area (Å²) in [6.45, 7) is 7.22. The fourth-order valence-electron chi connectivity index (χ4n) is 1.01. The van der Waals surface area contributed by atoms with E-state index in [9.17, 15) is 0 Å². The molecule has 3 nitrogen and oxygen atoms in total. The molecule has 1 aliphatic heterocycles. The van der Waals surface area contributed by atoms with E-state index in [0.717, 1.165) is 11.5 Å². The highest BCUT2D eigenvalue weighted by Crippen LogP contribution is 2.17. The van der Waals surface area contributed by atoms with Crippen LogP contribution in [0, 0.1) is 0 Å². The van der Waals surface area contributed by atoms with Crippen LogP contribution in [0.15, 0.2) is 23.8 Å². The summed E-state index contributed by atoms with van der Waals surface area (Å²) < 4.78 is 10.8. The van der Waals surface area contributed by atoms with Crippen molar-refractivity contribution in [3.63, 3.8) is 0 Å². The molecule has 0 atom stereocenters. The molecular formula is C11H21NO2. The van der Waals surface area contributed by atoms with Gasteiger partial charge in [0.05, 0.1) is 0 Å². The third kappa shape index (κ3) is 4.21. The van der Waals surface area contributed by atoms with Gasteiger partial charge in [-0.05, 0) is 13.0 Å². The third-order valence-corrected chi connectivity index (χ3v) is 1.48. The number of hydrogen-bond donors (Lipinski definition) is 0. The first-order valence-electron chi connectivity index (χ1n) is 5.04. The number of nitrogens with zero attached hydrogens (tertiary/aromatic N) is 1. The van der Waals surface area contributed by atoms with Crippen LogP contribution in [0.25, 0.3) is 0 Å². The Balaban J connectivity index is 0.000000791. The Morgan fingerprint density at radius 1 is 1.07 bits per heavy atom. The Morgan fingerprint density at radius 3 is 2.00 bits per heavy atom. The second-order valence-corrected chi connectivity index (χ2v) is 2.81. The molecule has 1 heterocycles. The minimum atomic E-state index is 0.636. The van der Waals surface area contributed by atoms with Crippen molar-refractivity contribution in [2.24, 2.45) is 0 Å². The molecule has 0 aromatic carbocycles. The summed E-state index contributed by atoms with van der Waals surface area (Å²) in [5.74, 6) is 1.64. The molecule has 0 spiro atoms. The molecule has 1 fully saturated rings. The molecule has 1 aliphatic rings. The monoisotopic (exact) mass is 199 g/mol. The van der Waals surface area contributed by atoms with Crippen molar-refractivity contribution in [3.05, 3.63) is 23.8 Å². The first kappa shape index (κ1) is 12.9. The van der Waals surface area contributed by atoms with Crippen molar-refractivity contribution in [2.45, 2.75) is 20.8 Å². The number of ether oxygens (including phenoxy) is 2. The van der Waals surface area contributed by atoms with Gasteiger partial charge in [-0.1, -0.05) is 13.8 Å². The minimum absolute atomic E-state index is 0.636. The molecule has 0 aliphatic carbocycles. The van der Waals surface area contributed by atoms with Gasteiger partial charge in [-0.3, -0.25) is 0 Å². The number of allylic oxidation sites excluding steroid dienone is 1. The van der Waals surface area contributed by atoms with Gasteiger partial charge in [-0.15, -0.1) is 0 Å². The van der Waals surface area contributed by atoms with Crippen LogP contribution in [-0.4, -0.2) is 32.2 Å². The van der Waals surface area contributed by atoms with E-state index in [1.807, 2.05) is 52.0 Å². The maximum atomic E-state index is 5.42. The lowest BCUT2D eigenvalue weighted by Gasteiger charge is -2.21. The molecule has 82 valence electrons. The van der Waals surface area contributed by atoms with Gasteiger partial charge < -0.3 is 14.4 Å². The second kappa shape index (κ2) is 7.30. The van der Waals surface area contributed by atoms with Crippen LogP contribution < -0.4 is 0 Å². The molecule has 0 unspecified atom stereocenters. The summed E-state index contributed by atoms with van der Waals surface area (Å²) in [6, 6.07) is 0. The maximum Gasteiger partial charge on any atom is 0.176 e. The lowest BCUT2D eigenvalue weighted by Crippen LogP contribution is -2.16. The predicted octanol–water partition coefficient (Wildman–Crippen LogP) is 2.37. The fourth-order valence-corrected chi connectivity index (χ4v) is 1.01. The summed E-state index contributed by atoms with van der Waals surface area (Å²) in [6.07, 6.45) is 3.82. The SMILES string of the molecule is C/C=C1/OCCO/C1=C/N(C)C.CC. The highest BCUT2D eigenvalue weighted by molar-refractivity contribution is 5.20. The van der Waals surface area contributed by atoms with Crippen molar-refractivity contribution >= 4 is 0 Å². The van der Waals surface area contributed by atoms with Crippen molar-refractivity contribution in [2.75, 3.05) is 27.3 Å². The zero-order valence-corrected chi connectivity index (χ0v) is 9.83. The van der Waals surface area contributed by atoms with E-state index in [4.69, 9.17) is 9.47 Å². The lowest BCUT2D eigenvalue weighted by atomic mass is 10.3. The molecule has 14 heavy (non-hydrogen) atoms. The predicted molar refractivity (Wildman–Crippen MR) is 58.8 cm³/mol. The zero-order chi connectivity index (χ0) is 11.0. The normalized spacial score (nSPS) is 20.6. The molecular weight excluding hydrogens is 178 g/mol. The van der Waals surface area contributed by atoms with Crippen molar-refractivity contribution in [1.82, 2.24) is 4.90 Å². The van der Waals surface area contributed by atoms with Crippen LogP contribution in [0.4, 0.5) is 0 Å². The Labute approximate surface area is 87.0 Å². The van der Waals surface area contributed by atoms with E-state index in [2.05, 4.69) is 0 Å². The fraction of sp³-hybridized carbons (Fsp3) is 0.636. The Kier molecular flexibility index (Phi) is 6.72. The number of rotatable bonds is 1. The molecule has 0 aromatic rings. The summed E-state index contributed by atoms with van der Waals surface area (Å²) in [5, 5.41) is 0. The Hall–Kier alpha value is -1.12. The van der Waals surface area contributed by atoms with E-state index in [1.54, 1.807) is 0 Å². The van der Waals surface area contributed by atoms with Crippen LogP contribution in [0.1, 0.15) is 20.8 Å². The van der Waals surface area contributed by atoms with Crippen molar-refractivity contribution < 1.29 is 9.47 Å². The van der Waals surface area contributed by atoms with Crippen LogP contribution in [0.5, 0.6) is 0 Å². The summed E-state index contributed by atoms with van der Waals surface area (Å²) >= 11 is 0. The van der Waals surface area contributed by atoms with Crippen molar-refractivity contribution in [3.8, 4) is 0 Å². The smallest absolute Gasteiger partial charge is 0.176 e. The quantitative estimate of drug-likeness (QED) is 0.647. The zero-order valence-electron chi connectivity index (χ0n) is 9.83. The van der Waals surface area contributed by atoms with Gasteiger partial charge in [-0.2, -0.15) is 0 Å². The van der Waals surface area contributed by atoms with Crippen LogP contribution in [0.2, 0.25) is 0 Å². The molecule has 0 aromatic heterocycles. The van der Waals surface area contributed by atoms with E-state index in [1.165, 1.54) is 0 Å². The van der Waals surface area contributed by atoms with Gasteiger partial charge >= 0.3 is 0 Å². The Bertz CT molecular complexity index is 207. The molecule has 1 rings (SSSR count). The molecule has 0 radical (unpaired) electrons. The summed E-state index contributed by atoms with van der Waals surface area (Å²) in [5.41, 5.74) is 0. The molecule has 0 bridgehead atoms. The van der Waals surface area contributed by atoms with Gasteiger partial charge in [0, 0.05) is 20.3 Å². The van der Waals surface area contributed by atoms with E-state index in [0.29, 0.717) is 13.2 Å². The van der Waals surface area contributed by atoms with E-state index in [-0.39, 0.29) is 0 Å². The molecule has 1 saturated heterocycles. The highest BCUT2D eigenvalue weighted by atomic mass is 16.6. The van der Waals surface area contributed by atoms with Gasteiger partial charge in [0.2, 0.25) is 0 Å². The summed E-state index contributed by atoms with van der Waals surface area (Å²) in [4.78, 5) is 1.94. The first-order chi connectivity index (χ1) is 6.74. The van der Waals surface area contributed by atoms with Crippen LogP contribution in [0.3, 0.4) is 0 Å². The second-order valence-electron chi connectivity index (χ2n) is 2.81. The van der Waals surface area contributed by atoms with Crippen molar-refractivity contribution in [1.29, 1.82) is 0 Å². The molecule has 3 heteroatoms. The van der Waals surface area contributed by atoms with Gasteiger partial charge in [0.15, 0.2) is 11.5 Å². The summed E-state index contributed by atoms with van der Waals surface area (Å²) in [7, 11) is 3.91. The highest BCUT2D eigenvalue weighted by Gasteiger charge is 2.12. The average molecular weight is 199 g/mol. The lowest BCUT2D eigenvalue weighted by molar-refractivity contribution is 0.0568. The molecule has 0 saturated carbocycles. The van der Waals surface area contributed by atoms with Crippen LogP contribution in [-0.2, 0) is 9.47 Å². The largest absolute Gasteiger partial charge is 0.486 e. The minimum Gasteiger partial charge on any atom is -0.486 e. The molecule has 0 N–H and O–H groups in total.